The Balaban J connectivity index is 1.67. The molecule has 0 aromatic heterocycles. The molecule has 2 heteroatoms. The number of aromatic hydroxyl groups is 1. The van der Waals surface area contributed by atoms with E-state index < -0.39 is 0 Å². The van der Waals surface area contributed by atoms with Gasteiger partial charge in [0.2, 0.25) is 0 Å². The molecule has 0 radical (unpaired) electrons. The summed E-state index contributed by atoms with van der Waals surface area (Å²) in [6.07, 6.45) is 10.7. The molecule has 114 valence electrons. The summed E-state index contributed by atoms with van der Waals surface area (Å²) in [6.45, 7) is 0. The van der Waals surface area contributed by atoms with E-state index in [1.165, 1.54) is 0 Å². The smallest absolute Gasteiger partial charge is 0.173 e. The van der Waals surface area contributed by atoms with E-state index in [4.69, 9.17) is 0 Å². The van der Waals surface area contributed by atoms with Crippen LogP contribution in [0.15, 0.2) is 84.5 Å². The second kappa shape index (κ2) is 6.93. The zero-order valence-electron chi connectivity index (χ0n) is 12.7. The molecule has 0 saturated carbocycles. The van der Waals surface area contributed by atoms with Crippen LogP contribution in [0, 0.1) is 5.92 Å². The van der Waals surface area contributed by atoms with E-state index in [1.54, 1.807) is 24.3 Å². The van der Waals surface area contributed by atoms with E-state index in [-0.39, 0.29) is 17.5 Å². The fraction of sp³-hybridized carbons (Fsp3) is 0.0952. The maximum absolute atomic E-state index is 12.4. The molecule has 0 aliphatic heterocycles. The Bertz CT molecular complexity index is 782. The topological polar surface area (TPSA) is 37.3 Å². The molecule has 3 rings (SSSR count). The predicted octanol–water partition coefficient (Wildman–Crippen LogP) is 4.79. The van der Waals surface area contributed by atoms with Crippen LogP contribution in [0.1, 0.15) is 22.3 Å². The second-order valence-corrected chi connectivity index (χ2v) is 5.53. The van der Waals surface area contributed by atoms with Crippen LogP contribution in [-0.4, -0.2) is 10.9 Å². The molecule has 2 aromatic carbocycles. The molecule has 23 heavy (non-hydrogen) atoms. The van der Waals surface area contributed by atoms with Crippen molar-refractivity contribution in [2.75, 3.05) is 0 Å². The van der Waals surface area contributed by atoms with Crippen LogP contribution in [0.4, 0.5) is 0 Å². The van der Waals surface area contributed by atoms with Gasteiger partial charge in [0.1, 0.15) is 5.75 Å². The lowest BCUT2D eigenvalue weighted by atomic mass is 9.89. The minimum absolute atomic E-state index is 0.0401. The van der Waals surface area contributed by atoms with E-state index in [0.29, 0.717) is 12.0 Å². The van der Waals surface area contributed by atoms with Gasteiger partial charge in [-0.25, -0.2) is 0 Å². The number of phenols is 1. The summed E-state index contributed by atoms with van der Waals surface area (Å²) in [4.78, 5) is 12.4. The zero-order valence-corrected chi connectivity index (χ0v) is 12.7. The standard InChI is InChI=1S/C21H18O2/c22-20-9-5-4-8-19(20)21(23)18-14-12-17(13-15-18)11-10-16-6-2-1-3-7-16/h1-14,18,22H,15H2. The van der Waals surface area contributed by atoms with Crippen molar-refractivity contribution in [3.63, 3.8) is 0 Å². The van der Waals surface area contributed by atoms with Gasteiger partial charge in [-0.1, -0.05) is 72.8 Å². The number of Topliss-reactive ketones (excluding diaryl/α,β-unsaturated/α-hetero) is 1. The van der Waals surface area contributed by atoms with Crippen LogP contribution in [0.3, 0.4) is 0 Å². The summed E-state index contributed by atoms with van der Waals surface area (Å²) in [6, 6.07) is 16.8. The molecule has 0 bridgehead atoms. The predicted molar refractivity (Wildman–Crippen MR) is 93.2 cm³/mol. The summed E-state index contributed by atoms with van der Waals surface area (Å²) in [5.41, 5.74) is 2.63. The Morgan fingerprint density at radius 2 is 1.74 bits per heavy atom. The highest BCUT2D eigenvalue weighted by molar-refractivity contribution is 6.01. The van der Waals surface area contributed by atoms with Crippen LogP contribution in [0.5, 0.6) is 5.75 Å². The first-order chi connectivity index (χ1) is 11.2. The maximum Gasteiger partial charge on any atom is 0.173 e. The lowest BCUT2D eigenvalue weighted by Crippen LogP contribution is -2.13. The zero-order chi connectivity index (χ0) is 16.1. The number of phenolic OH excluding ortho intramolecular Hbond substituents is 1. The molecule has 1 atom stereocenters. The quantitative estimate of drug-likeness (QED) is 0.824. The average molecular weight is 302 g/mol. The van der Waals surface area contributed by atoms with E-state index in [2.05, 4.69) is 12.2 Å². The van der Waals surface area contributed by atoms with Gasteiger partial charge in [-0.3, -0.25) is 4.79 Å². The van der Waals surface area contributed by atoms with Gasteiger partial charge >= 0.3 is 0 Å². The molecule has 1 aliphatic rings. The third kappa shape index (κ3) is 3.67. The fourth-order valence-electron chi connectivity index (χ4n) is 2.59. The largest absolute Gasteiger partial charge is 0.507 e. The summed E-state index contributed by atoms with van der Waals surface area (Å²) >= 11 is 0. The molecule has 1 unspecified atom stereocenters. The lowest BCUT2D eigenvalue weighted by molar-refractivity contribution is 0.0942. The van der Waals surface area contributed by atoms with E-state index >= 15 is 0 Å². The van der Waals surface area contributed by atoms with Crippen molar-refractivity contribution >= 4 is 11.9 Å². The summed E-state index contributed by atoms with van der Waals surface area (Å²) < 4.78 is 0. The Morgan fingerprint density at radius 1 is 1.00 bits per heavy atom. The Labute approximate surface area is 136 Å². The lowest BCUT2D eigenvalue weighted by Gasteiger charge is -2.14. The Hall–Kier alpha value is -2.87. The maximum atomic E-state index is 12.4. The van der Waals surface area contributed by atoms with Gasteiger partial charge in [-0.2, -0.15) is 0 Å². The molecule has 0 spiro atoms. The van der Waals surface area contributed by atoms with Gasteiger partial charge in [-0.05, 0) is 29.7 Å². The number of hydrogen-bond acceptors (Lipinski definition) is 2. The molecule has 0 amide bonds. The summed E-state index contributed by atoms with van der Waals surface area (Å²) in [5.74, 6) is -0.205. The number of para-hydroxylation sites is 1. The van der Waals surface area contributed by atoms with Crippen LogP contribution < -0.4 is 0 Å². The number of hydrogen-bond donors (Lipinski definition) is 1. The van der Waals surface area contributed by atoms with Crippen LogP contribution >= 0.6 is 0 Å². The number of carbonyl (C=O) groups excluding carboxylic acids is 1. The van der Waals surface area contributed by atoms with Crippen molar-refractivity contribution in [2.24, 2.45) is 5.92 Å². The average Bonchev–Trinajstić information content (AvgIpc) is 2.61. The molecular formula is C21H18O2. The van der Waals surface area contributed by atoms with E-state index in [0.717, 1.165) is 11.1 Å². The number of allylic oxidation sites excluding steroid dienone is 5. The van der Waals surface area contributed by atoms with Crippen LogP contribution in [0.25, 0.3) is 6.08 Å². The van der Waals surface area contributed by atoms with Gasteiger partial charge in [0.15, 0.2) is 5.78 Å². The van der Waals surface area contributed by atoms with E-state index in [1.807, 2.05) is 48.6 Å². The molecule has 0 fully saturated rings. The number of ketones is 1. The minimum Gasteiger partial charge on any atom is -0.507 e. The Kier molecular flexibility index (Phi) is 4.53. The third-order valence-corrected chi connectivity index (χ3v) is 3.90. The van der Waals surface area contributed by atoms with Crippen molar-refractivity contribution in [3.8, 4) is 5.75 Å². The molecule has 0 saturated heterocycles. The molecule has 1 N–H and O–H groups in total. The van der Waals surface area contributed by atoms with Crippen molar-refractivity contribution in [1.29, 1.82) is 0 Å². The van der Waals surface area contributed by atoms with Gasteiger partial charge in [0, 0.05) is 5.92 Å². The highest BCUT2D eigenvalue weighted by atomic mass is 16.3. The molecule has 2 aromatic rings. The first-order valence-electron chi connectivity index (χ1n) is 7.68. The van der Waals surface area contributed by atoms with Crippen molar-refractivity contribution in [2.45, 2.75) is 6.42 Å². The van der Waals surface area contributed by atoms with Crippen LogP contribution in [0.2, 0.25) is 0 Å². The van der Waals surface area contributed by atoms with Gasteiger partial charge < -0.3 is 5.11 Å². The number of benzene rings is 2. The molecular weight excluding hydrogens is 284 g/mol. The first-order valence-corrected chi connectivity index (χ1v) is 7.68. The van der Waals surface area contributed by atoms with Crippen molar-refractivity contribution < 1.29 is 9.90 Å². The van der Waals surface area contributed by atoms with Gasteiger partial charge in [0.25, 0.3) is 0 Å². The van der Waals surface area contributed by atoms with Crippen LogP contribution in [-0.2, 0) is 0 Å². The number of rotatable bonds is 4. The highest BCUT2D eigenvalue weighted by Crippen LogP contribution is 2.25. The third-order valence-electron chi connectivity index (χ3n) is 3.90. The monoisotopic (exact) mass is 302 g/mol. The number of carbonyl (C=O) groups is 1. The van der Waals surface area contributed by atoms with Crippen molar-refractivity contribution in [1.82, 2.24) is 0 Å². The summed E-state index contributed by atoms with van der Waals surface area (Å²) in [7, 11) is 0. The summed E-state index contributed by atoms with van der Waals surface area (Å²) in [5, 5.41) is 9.80. The first kappa shape index (κ1) is 15.0. The molecule has 0 heterocycles. The van der Waals surface area contributed by atoms with E-state index in [9.17, 15) is 9.90 Å². The second-order valence-electron chi connectivity index (χ2n) is 5.53. The van der Waals surface area contributed by atoms with Crippen molar-refractivity contribution in [3.05, 3.63) is 95.6 Å². The van der Waals surface area contributed by atoms with Gasteiger partial charge in [-0.15, -0.1) is 0 Å². The molecule has 1 aliphatic carbocycles. The highest BCUT2D eigenvalue weighted by Gasteiger charge is 2.20. The Morgan fingerprint density at radius 3 is 2.43 bits per heavy atom. The fourth-order valence-corrected chi connectivity index (χ4v) is 2.59. The normalized spacial score (nSPS) is 17.2. The minimum atomic E-state index is -0.211. The molecule has 2 nitrogen and oxygen atoms in total. The van der Waals surface area contributed by atoms with Gasteiger partial charge in [0.05, 0.1) is 5.56 Å². The SMILES string of the molecule is O=C(c1ccccc1O)C1C=CC(C=Cc2ccccc2)=CC1.